The van der Waals surface area contributed by atoms with Crippen molar-refractivity contribution >= 4 is 39.4 Å². The van der Waals surface area contributed by atoms with Crippen LogP contribution in [0.2, 0.25) is 0 Å². The van der Waals surface area contributed by atoms with Gasteiger partial charge in [0.1, 0.15) is 0 Å². The summed E-state index contributed by atoms with van der Waals surface area (Å²) in [4.78, 5) is 21.9. The average molecular weight is 407 g/mol. The molecule has 0 aliphatic carbocycles. The Balaban J connectivity index is 1.95. The maximum atomic E-state index is 11.7. The van der Waals surface area contributed by atoms with Crippen molar-refractivity contribution < 1.29 is 14.8 Å². The molecule has 2 aromatic rings. The van der Waals surface area contributed by atoms with Crippen LogP contribution in [0.4, 0.5) is 11.4 Å². The van der Waals surface area contributed by atoms with Gasteiger partial charge in [-0.25, -0.2) is 5.43 Å². The van der Waals surface area contributed by atoms with E-state index >= 15 is 0 Å². The third kappa shape index (κ3) is 5.28. The Morgan fingerprint density at radius 2 is 2.04 bits per heavy atom. The Morgan fingerprint density at radius 3 is 2.68 bits per heavy atom. The van der Waals surface area contributed by atoms with Gasteiger partial charge < -0.3 is 10.4 Å². The molecule has 0 aromatic heterocycles. The minimum atomic E-state index is -0.707. The molecule has 0 fully saturated rings. The van der Waals surface area contributed by atoms with Crippen LogP contribution in [0.15, 0.2) is 46.0 Å². The number of rotatable bonds is 6. The van der Waals surface area contributed by atoms with Crippen LogP contribution in [0.3, 0.4) is 0 Å². The van der Waals surface area contributed by atoms with Crippen LogP contribution >= 0.6 is 15.9 Å². The molecule has 9 heteroatoms. The number of phenolic OH excluding ortho intramolecular Hbond substituents is 1. The molecule has 130 valence electrons. The van der Waals surface area contributed by atoms with Crippen LogP contribution in [0.25, 0.3) is 0 Å². The van der Waals surface area contributed by atoms with Crippen LogP contribution < -0.4 is 10.7 Å². The third-order valence-corrected chi connectivity index (χ3v) is 3.64. The van der Waals surface area contributed by atoms with Gasteiger partial charge >= 0.3 is 5.69 Å². The lowest BCUT2D eigenvalue weighted by atomic mass is 10.2. The number of aryl methyl sites for hydroxylation is 1. The van der Waals surface area contributed by atoms with Gasteiger partial charge in [0.2, 0.25) is 5.75 Å². The zero-order valence-electron chi connectivity index (χ0n) is 13.2. The van der Waals surface area contributed by atoms with E-state index in [4.69, 9.17) is 0 Å². The number of nitrogens with one attached hydrogen (secondary N) is 2. The molecule has 0 saturated heterocycles. The summed E-state index contributed by atoms with van der Waals surface area (Å²) in [5.41, 5.74) is 3.84. The van der Waals surface area contributed by atoms with E-state index in [0.717, 1.165) is 17.5 Å². The number of carbonyl (C=O) groups is 1. The van der Waals surface area contributed by atoms with Crippen molar-refractivity contribution in [1.82, 2.24) is 5.43 Å². The zero-order valence-corrected chi connectivity index (χ0v) is 14.8. The van der Waals surface area contributed by atoms with Crippen LogP contribution in [-0.4, -0.2) is 28.7 Å². The van der Waals surface area contributed by atoms with E-state index in [0.29, 0.717) is 4.47 Å². The van der Waals surface area contributed by atoms with Crippen molar-refractivity contribution in [3.8, 4) is 5.75 Å². The average Bonchev–Trinajstić information content (AvgIpc) is 2.57. The number of hydrogen-bond acceptors (Lipinski definition) is 6. The van der Waals surface area contributed by atoms with Gasteiger partial charge in [-0.1, -0.05) is 33.6 Å². The molecule has 0 atom stereocenters. The molecular weight excluding hydrogens is 392 g/mol. The number of anilines is 1. The number of nitro benzene ring substituents is 1. The number of phenols is 1. The molecular formula is C16H15BrN4O4. The molecule has 0 aliphatic heterocycles. The highest BCUT2D eigenvalue weighted by molar-refractivity contribution is 9.10. The molecule has 0 radical (unpaired) electrons. The maximum absolute atomic E-state index is 11.7. The molecule has 2 rings (SSSR count). The summed E-state index contributed by atoms with van der Waals surface area (Å²) in [7, 11) is 0. The summed E-state index contributed by atoms with van der Waals surface area (Å²) >= 11 is 3.12. The summed E-state index contributed by atoms with van der Waals surface area (Å²) in [5, 5.41) is 27.3. The quantitative estimate of drug-likeness (QED) is 0.387. The van der Waals surface area contributed by atoms with E-state index in [1.807, 2.05) is 31.2 Å². The molecule has 0 unspecified atom stereocenters. The molecule has 0 spiro atoms. The highest BCUT2D eigenvalue weighted by atomic mass is 79.9. The highest BCUT2D eigenvalue weighted by Crippen LogP contribution is 2.32. The second kappa shape index (κ2) is 8.25. The molecule has 25 heavy (non-hydrogen) atoms. The first kappa shape index (κ1) is 18.4. The van der Waals surface area contributed by atoms with Crippen LogP contribution in [0.5, 0.6) is 5.75 Å². The fourth-order valence-corrected chi connectivity index (χ4v) is 2.37. The minimum Gasteiger partial charge on any atom is -0.502 e. The number of carbonyl (C=O) groups excluding carboxylic acids is 1. The van der Waals surface area contributed by atoms with E-state index in [1.165, 1.54) is 12.1 Å². The fourth-order valence-electron chi connectivity index (χ4n) is 1.91. The lowest BCUT2D eigenvalue weighted by molar-refractivity contribution is -0.385. The van der Waals surface area contributed by atoms with Crippen LogP contribution in [0.1, 0.15) is 11.1 Å². The monoisotopic (exact) mass is 406 g/mol. The van der Waals surface area contributed by atoms with Crippen molar-refractivity contribution in [2.45, 2.75) is 6.92 Å². The summed E-state index contributed by atoms with van der Waals surface area (Å²) in [6.45, 7) is 1.97. The first-order valence-electron chi connectivity index (χ1n) is 7.16. The van der Waals surface area contributed by atoms with Gasteiger partial charge in [-0.15, -0.1) is 0 Å². The number of benzene rings is 2. The number of nitrogens with zero attached hydrogens (tertiary/aromatic N) is 2. The number of amides is 1. The van der Waals surface area contributed by atoms with Crippen LogP contribution in [-0.2, 0) is 4.79 Å². The fraction of sp³-hybridized carbons (Fsp3) is 0.125. The highest BCUT2D eigenvalue weighted by Gasteiger charge is 2.17. The Bertz CT molecular complexity index is 822. The molecule has 0 heterocycles. The Kier molecular flexibility index (Phi) is 6.07. The van der Waals surface area contributed by atoms with Gasteiger partial charge in [0, 0.05) is 21.8 Å². The minimum absolute atomic E-state index is 0.00498. The number of nitro groups is 1. The molecule has 0 aliphatic rings. The second-order valence-electron chi connectivity index (χ2n) is 5.13. The van der Waals surface area contributed by atoms with Gasteiger partial charge in [-0.05, 0) is 25.1 Å². The van der Waals surface area contributed by atoms with E-state index in [2.05, 4.69) is 31.8 Å². The summed E-state index contributed by atoms with van der Waals surface area (Å²) in [6.07, 6.45) is 1.14. The van der Waals surface area contributed by atoms with Gasteiger partial charge in [-0.2, -0.15) is 5.10 Å². The van der Waals surface area contributed by atoms with Crippen molar-refractivity contribution in [2.75, 3.05) is 11.9 Å². The SMILES string of the molecule is Cc1ccc(NCC(=O)N/N=C/c2cc(Br)cc([N+](=O)[O-])c2O)cc1. The topological polar surface area (TPSA) is 117 Å². The smallest absolute Gasteiger partial charge is 0.312 e. The summed E-state index contributed by atoms with van der Waals surface area (Å²) < 4.78 is 0.408. The predicted octanol–water partition coefficient (Wildman–Crippen LogP) is 2.93. The zero-order chi connectivity index (χ0) is 18.4. The predicted molar refractivity (Wildman–Crippen MR) is 97.9 cm³/mol. The summed E-state index contributed by atoms with van der Waals surface area (Å²) in [5.74, 6) is -0.926. The first-order valence-corrected chi connectivity index (χ1v) is 7.95. The summed E-state index contributed by atoms with van der Waals surface area (Å²) in [6, 6.07) is 10.2. The molecule has 2 aromatic carbocycles. The van der Waals surface area contributed by atoms with E-state index in [9.17, 15) is 20.0 Å². The van der Waals surface area contributed by atoms with Gasteiger partial charge in [0.25, 0.3) is 5.91 Å². The van der Waals surface area contributed by atoms with E-state index < -0.39 is 22.3 Å². The molecule has 0 saturated carbocycles. The van der Waals surface area contributed by atoms with Crippen molar-refractivity contribution in [2.24, 2.45) is 5.10 Å². The number of halogens is 1. The third-order valence-electron chi connectivity index (χ3n) is 3.18. The maximum Gasteiger partial charge on any atom is 0.312 e. The number of aromatic hydroxyl groups is 1. The van der Waals surface area contributed by atoms with E-state index in [-0.39, 0.29) is 12.1 Å². The van der Waals surface area contributed by atoms with Crippen molar-refractivity contribution in [3.05, 3.63) is 62.1 Å². The van der Waals surface area contributed by atoms with Gasteiger partial charge in [-0.3, -0.25) is 14.9 Å². The molecule has 3 N–H and O–H groups in total. The molecule has 8 nitrogen and oxygen atoms in total. The number of hydrogen-bond donors (Lipinski definition) is 3. The van der Waals surface area contributed by atoms with Crippen LogP contribution in [0, 0.1) is 17.0 Å². The molecule has 0 bridgehead atoms. The van der Waals surface area contributed by atoms with Crippen molar-refractivity contribution in [3.63, 3.8) is 0 Å². The van der Waals surface area contributed by atoms with Gasteiger partial charge in [0.05, 0.1) is 17.7 Å². The lowest BCUT2D eigenvalue weighted by Gasteiger charge is -2.05. The Hall–Kier alpha value is -2.94. The lowest BCUT2D eigenvalue weighted by Crippen LogP contribution is -2.25. The second-order valence-corrected chi connectivity index (χ2v) is 6.05. The van der Waals surface area contributed by atoms with E-state index in [1.54, 1.807) is 0 Å². The van der Waals surface area contributed by atoms with Crippen molar-refractivity contribution in [1.29, 1.82) is 0 Å². The number of hydrazone groups is 1. The largest absolute Gasteiger partial charge is 0.502 e. The normalized spacial score (nSPS) is 10.6. The first-order chi connectivity index (χ1) is 11.9. The standard InChI is InChI=1S/C16H15BrN4O4/c1-10-2-4-13(5-3-10)18-9-15(22)20-19-8-11-6-12(17)7-14(16(11)23)21(24)25/h2-8,18,23H,9H2,1H3,(H,20,22)/b19-8+. The Morgan fingerprint density at radius 1 is 1.36 bits per heavy atom. The molecule has 1 amide bonds. The van der Waals surface area contributed by atoms with Gasteiger partial charge in [0.15, 0.2) is 0 Å². The Labute approximate surface area is 151 Å².